The van der Waals surface area contributed by atoms with Crippen molar-refractivity contribution in [2.24, 2.45) is 0 Å². The molecule has 0 radical (unpaired) electrons. The maximum atomic E-state index is 5.68. The Morgan fingerprint density at radius 1 is 1.44 bits per heavy atom. The van der Waals surface area contributed by atoms with Gasteiger partial charge >= 0.3 is 0 Å². The molecular formula is C13H18BrNO. The average Bonchev–Trinajstić information content (AvgIpc) is 2.32. The average molecular weight is 284 g/mol. The molecule has 0 bridgehead atoms. The fraction of sp³-hybridized carbons (Fsp3) is 0.538. The van der Waals surface area contributed by atoms with Crippen LogP contribution >= 0.6 is 15.9 Å². The lowest BCUT2D eigenvalue weighted by Crippen LogP contribution is -2.26. The minimum absolute atomic E-state index is 0.387. The molecule has 0 spiro atoms. The molecule has 1 aromatic rings. The van der Waals surface area contributed by atoms with Gasteiger partial charge in [-0.1, -0.05) is 15.9 Å². The summed E-state index contributed by atoms with van der Waals surface area (Å²) in [5.41, 5.74) is 2.43. The van der Waals surface area contributed by atoms with Crippen molar-refractivity contribution < 1.29 is 4.74 Å². The number of anilines is 1. The standard InChI is InChI=1S/C13H18BrNO/c1-10-8-11(5-6-13(10)14)15-9-12-4-2-3-7-16-12/h5-6,8,12,15H,2-4,7,9H2,1H3. The highest BCUT2D eigenvalue weighted by Crippen LogP contribution is 2.20. The largest absolute Gasteiger partial charge is 0.382 e. The van der Waals surface area contributed by atoms with Crippen LogP contribution in [0.3, 0.4) is 0 Å². The normalized spacial score (nSPS) is 20.8. The molecule has 0 saturated carbocycles. The first kappa shape index (κ1) is 11.9. The van der Waals surface area contributed by atoms with Crippen molar-refractivity contribution in [3.8, 4) is 0 Å². The second-order valence-corrected chi connectivity index (χ2v) is 5.19. The monoisotopic (exact) mass is 283 g/mol. The molecule has 1 fully saturated rings. The Balaban J connectivity index is 1.86. The molecule has 1 unspecified atom stereocenters. The van der Waals surface area contributed by atoms with Gasteiger partial charge in [0.1, 0.15) is 0 Å². The van der Waals surface area contributed by atoms with Crippen LogP contribution in [-0.4, -0.2) is 19.3 Å². The zero-order valence-electron chi connectivity index (χ0n) is 9.63. The Morgan fingerprint density at radius 2 is 2.31 bits per heavy atom. The summed E-state index contributed by atoms with van der Waals surface area (Å²) in [6, 6.07) is 6.34. The van der Waals surface area contributed by atoms with E-state index in [0.717, 1.165) is 17.6 Å². The summed E-state index contributed by atoms with van der Waals surface area (Å²) in [4.78, 5) is 0. The number of hydrogen-bond donors (Lipinski definition) is 1. The van der Waals surface area contributed by atoms with Crippen LogP contribution in [0.25, 0.3) is 0 Å². The summed E-state index contributed by atoms with van der Waals surface area (Å²) in [6.07, 6.45) is 4.08. The van der Waals surface area contributed by atoms with Crippen molar-refractivity contribution in [3.63, 3.8) is 0 Å². The van der Waals surface area contributed by atoms with Crippen LogP contribution < -0.4 is 5.32 Å². The molecular weight excluding hydrogens is 266 g/mol. The van der Waals surface area contributed by atoms with Crippen molar-refractivity contribution in [2.75, 3.05) is 18.5 Å². The molecule has 3 heteroatoms. The van der Waals surface area contributed by atoms with E-state index in [1.807, 2.05) is 0 Å². The lowest BCUT2D eigenvalue weighted by molar-refractivity contribution is 0.0247. The van der Waals surface area contributed by atoms with E-state index in [-0.39, 0.29) is 0 Å². The quantitative estimate of drug-likeness (QED) is 0.913. The fourth-order valence-electron chi connectivity index (χ4n) is 1.95. The third-order valence-corrected chi connectivity index (χ3v) is 3.86. The highest BCUT2D eigenvalue weighted by Gasteiger charge is 2.13. The highest BCUT2D eigenvalue weighted by atomic mass is 79.9. The van der Waals surface area contributed by atoms with Crippen LogP contribution in [0.15, 0.2) is 22.7 Å². The molecule has 1 aliphatic heterocycles. The lowest BCUT2D eigenvalue weighted by atomic mass is 10.1. The third-order valence-electron chi connectivity index (χ3n) is 2.97. The van der Waals surface area contributed by atoms with Crippen molar-refractivity contribution >= 4 is 21.6 Å². The maximum Gasteiger partial charge on any atom is 0.0747 e. The molecule has 88 valence electrons. The Morgan fingerprint density at radius 3 is 3.00 bits per heavy atom. The molecule has 0 aromatic heterocycles. The van der Waals surface area contributed by atoms with Crippen LogP contribution in [0, 0.1) is 6.92 Å². The van der Waals surface area contributed by atoms with E-state index < -0.39 is 0 Å². The van der Waals surface area contributed by atoms with Crippen molar-refractivity contribution in [3.05, 3.63) is 28.2 Å². The molecule has 1 aromatic carbocycles. The number of halogens is 1. The minimum atomic E-state index is 0.387. The zero-order chi connectivity index (χ0) is 11.4. The third kappa shape index (κ3) is 3.22. The first-order chi connectivity index (χ1) is 7.75. The Labute approximate surface area is 106 Å². The summed E-state index contributed by atoms with van der Waals surface area (Å²) in [6.45, 7) is 3.94. The van der Waals surface area contributed by atoms with Gasteiger partial charge in [-0.25, -0.2) is 0 Å². The second-order valence-electron chi connectivity index (χ2n) is 4.33. The summed E-state index contributed by atoms with van der Waals surface area (Å²) in [7, 11) is 0. The fourth-order valence-corrected chi connectivity index (χ4v) is 2.20. The summed E-state index contributed by atoms with van der Waals surface area (Å²) in [5, 5.41) is 3.44. The molecule has 0 amide bonds. The van der Waals surface area contributed by atoms with Crippen molar-refractivity contribution in [1.82, 2.24) is 0 Å². The van der Waals surface area contributed by atoms with E-state index in [2.05, 4.69) is 46.4 Å². The van der Waals surface area contributed by atoms with Gasteiger partial charge in [-0.05, 0) is 49.9 Å². The minimum Gasteiger partial charge on any atom is -0.382 e. The predicted octanol–water partition coefficient (Wildman–Crippen LogP) is 3.74. The summed E-state index contributed by atoms with van der Waals surface area (Å²) < 4.78 is 6.84. The predicted molar refractivity (Wildman–Crippen MR) is 71.0 cm³/mol. The van der Waals surface area contributed by atoms with E-state index in [4.69, 9.17) is 4.74 Å². The maximum absolute atomic E-state index is 5.68. The Bertz CT molecular complexity index is 348. The van der Waals surface area contributed by atoms with E-state index in [1.165, 1.54) is 30.5 Å². The highest BCUT2D eigenvalue weighted by molar-refractivity contribution is 9.10. The van der Waals surface area contributed by atoms with E-state index in [9.17, 15) is 0 Å². The Hall–Kier alpha value is -0.540. The summed E-state index contributed by atoms with van der Waals surface area (Å²) >= 11 is 3.50. The smallest absolute Gasteiger partial charge is 0.0747 e. The van der Waals surface area contributed by atoms with Gasteiger partial charge in [-0.3, -0.25) is 0 Å². The van der Waals surface area contributed by atoms with E-state index >= 15 is 0 Å². The SMILES string of the molecule is Cc1cc(NCC2CCCCO2)ccc1Br. The van der Waals surface area contributed by atoms with Gasteiger partial charge in [0, 0.05) is 23.3 Å². The zero-order valence-corrected chi connectivity index (χ0v) is 11.2. The molecule has 16 heavy (non-hydrogen) atoms. The number of aryl methyl sites for hydroxylation is 1. The molecule has 0 aliphatic carbocycles. The van der Waals surface area contributed by atoms with Gasteiger partial charge in [0.25, 0.3) is 0 Å². The molecule has 1 heterocycles. The van der Waals surface area contributed by atoms with Crippen molar-refractivity contribution in [2.45, 2.75) is 32.3 Å². The topological polar surface area (TPSA) is 21.3 Å². The second kappa shape index (κ2) is 5.69. The number of ether oxygens (including phenoxy) is 1. The molecule has 1 aliphatic rings. The summed E-state index contributed by atoms with van der Waals surface area (Å²) in [5.74, 6) is 0. The molecule has 1 N–H and O–H groups in total. The van der Waals surface area contributed by atoms with Crippen molar-refractivity contribution in [1.29, 1.82) is 0 Å². The van der Waals surface area contributed by atoms with Crippen LogP contribution in [0.1, 0.15) is 24.8 Å². The lowest BCUT2D eigenvalue weighted by Gasteiger charge is -2.23. The first-order valence-corrected chi connectivity index (χ1v) is 6.66. The number of rotatable bonds is 3. The van der Waals surface area contributed by atoms with Crippen LogP contribution in [0.2, 0.25) is 0 Å². The number of benzene rings is 1. The number of hydrogen-bond acceptors (Lipinski definition) is 2. The van der Waals surface area contributed by atoms with Gasteiger partial charge in [0.15, 0.2) is 0 Å². The first-order valence-electron chi connectivity index (χ1n) is 5.87. The van der Waals surface area contributed by atoms with E-state index in [1.54, 1.807) is 0 Å². The Kier molecular flexibility index (Phi) is 4.24. The molecule has 1 atom stereocenters. The van der Waals surface area contributed by atoms with Gasteiger partial charge in [0.05, 0.1) is 6.10 Å². The molecule has 2 rings (SSSR count). The molecule has 1 saturated heterocycles. The van der Waals surface area contributed by atoms with Gasteiger partial charge in [0.2, 0.25) is 0 Å². The van der Waals surface area contributed by atoms with E-state index in [0.29, 0.717) is 6.10 Å². The van der Waals surface area contributed by atoms with Crippen LogP contribution in [0.5, 0.6) is 0 Å². The molecule has 2 nitrogen and oxygen atoms in total. The van der Waals surface area contributed by atoms with Crippen LogP contribution in [-0.2, 0) is 4.74 Å². The van der Waals surface area contributed by atoms with Gasteiger partial charge in [-0.2, -0.15) is 0 Å². The van der Waals surface area contributed by atoms with Gasteiger partial charge in [-0.15, -0.1) is 0 Å². The van der Waals surface area contributed by atoms with Gasteiger partial charge < -0.3 is 10.1 Å². The number of nitrogens with one attached hydrogen (secondary N) is 1. The van der Waals surface area contributed by atoms with Crippen LogP contribution in [0.4, 0.5) is 5.69 Å².